The molecular weight excluding hydrogens is 246 g/mol. The van der Waals surface area contributed by atoms with Gasteiger partial charge < -0.3 is 14.7 Å². The van der Waals surface area contributed by atoms with Crippen molar-refractivity contribution in [3.8, 4) is 0 Å². The standard InChI is InChI=1S/C14H25NO4/c1-2-3-4-5-6-7-8-13(16)15-9-10-19-11-12(15)14(17)18/h12H,2-11H2,1H3,(H,17,18). The summed E-state index contributed by atoms with van der Waals surface area (Å²) in [5.41, 5.74) is 0. The van der Waals surface area contributed by atoms with Gasteiger partial charge in [-0.25, -0.2) is 4.79 Å². The first-order chi connectivity index (χ1) is 9.16. The largest absolute Gasteiger partial charge is 0.480 e. The highest BCUT2D eigenvalue weighted by atomic mass is 16.5. The summed E-state index contributed by atoms with van der Waals surface area (Å²) < 4.78 is 5.12. The van der Waals surface area contributed by atoms with Crippen molar-refractivity contribution < 1.29 is 19.4 Å². The second-order valence-electron chi connectivity index (χ2n) is 5.03. The summed E-state index contributed by atoms with van der Waals surface area (Å²) in [5.74, 6) is -1.03. The van der Waals surface area contributed by atoms with Gasteiger partial charge in [-0.2, -0.15) is 0 Å². The SMILES string of the molecule is CCCCCCCCC(=O)N1CCOCC1C(=O)O. The van der Waals surface area contributed by atoms with E-state index < -0.39 is 12.0 Å². The van der Waals surface area contributed by atoms with E-state index >= 15 is 0 Å². The molecule has 19 heavy (non-hydrogen) atoms. The number of morpholine rings is 1. The van der Waals surface area contributed by atoms with Gasteiger partial charge in [-0.15, -0.1) is 0 Å². The van der Waals surface area contributed by atoms with Gasteiger partial charge in [0.15, 0.2) is 6.04 Å². The molecule has 1 fully saturated rings. The van der Waals surface area contributed by atoms with E-state index in [1.165, 1.54) is 24.2 Å². The third kappa shape index (κ3) is 5.59. The van der Waals surface area contributed by atoms with Crippen molar-refractivity contribution in [2.24, 2.45) is 0 Å². The monoisotopic (exact) mass is 271 g/mol. The fourth-order valence-corrected chi connectivity index (χ4v) is 2.31. The number of aliphatic carboxylic acids is 1. The molecule has 0 aromatic heterocycles. The Kier molecular flexibility index (Phi) is 7.48. The van der Waals surface area contributed by atoms with Gasteiger partial charge in [0.25, 0.3) is 0 Å². The zero-order valence-electron chi connectivity index (χ0n) is 11.8. The van der Waals surface area contributed by atoms with Gasteiger partial charge in [-0.1, -0.05) is 39.0 Å². The molecule has 1 saturated heterocycles. The van der Waals surface area contributed by atoms with Crippen LogP contribution in [0.2, 0.25) is 0 Å². The number of carbonyl (C=O) groups is 2. The quantitative estimate of drug-likeness (QED) is 0.686. The summed E-state index contributed by atoms with van der Waals surface area (Å²) in [6, 6.07) is -0.804. The van der Waals surface area contributed by atoms with Crippen LogP contribution in [0, 0.1) is 0 Å². The van der Waals surface area contributed by atoms with Crippen LogP contribution in [0.4, 0.5) is 0 Å². The first-order valence-electron chi connectivity index (χ1n) is 7.26. The lowest BCUT2D eigenvalue weighted by Crippen LogP contribution is -2.52. The number of hydrogen-bond donors (Lipinski definition) is 1. The van der Waals surface area contributed by atoms with E-state index in [0.717, 1.165) is 19.3 Å². The highest BCUT2D eigenvalue weighted by Crippen LogP contribution is 2.12. The number of carboxylic acid groups (broad SMARTS) is 1. The fraction of sp³-hybridized carbons (Fsp3) is 0.857. The zero-order valence-corrected chi connectivity index (χ0v) is 11.8. The third-order valence-electron chi connectivity index (χ3n) is 3.48. The van der Waals surface area contributed by atoms with Gasteiger partial charge in [0.1, 0.15) is 0 Å². The lowest BCUT2D eigenvalue weighted by atomic mass is 10.1. The Hall–Kier alpha value is -1.10. The van der Waals surface area contributed by atoms with Crippen LogP contribution in [0.5, 0.6) is 0 Å². The topological polar surface area (TPSA) is 66.8 Å². The fourth-order valence-electron chi connectivity index (χ4n) is 2.31. The van der Waals surface area contributed by atoms with Crippen molar-refractivity contribution in [1.29, 1.82) is 0 Å². The Morgan fingerprint density at radius 1 is 1.21 bits per heavy atom. The number of amides is 1. The van der Waals surface area contributed by atoms with E-state index in [1.54, 1.807) is 0 Å². The molecule has 0 saturated carbocycles. The van der Waals surface area contributed by atoms with Crippen LogP contribution in [0.15, 0.2) is 0 Å². The van der Waals surface area contributed by atoms with E-state index in [4.69, 9.17) is 9.84 Å². The van der Waals surface area contributed by atoms with Crippen LogP contribution in [0.25, 0.3) is 0 Å². The molecule has 1 unspecified atom stereocenters. The normalized spacial score (nSPS) is 19.4. The van der Waals surface area contributed by atoms with Crippen LogP contribution in [0.1, 0.15) is 51.9 Å². The van der Waals surface area contributed by atoms with Crippen molar-refractivity contribution in [3.05, 3.63) is 0 Å². The molecule has 1 aliphatic heterocycles. The maximum absolute atomic E-state index is 12.0. The summed E-state index contributed by atoms with van der Waals surface area (Å²) in [7, 11) is 0. The van der Waals surface area contributed by atoms with E-state index in [-0.39, 0.29) is 12.5 Å². The van der Waals surface area contributed by atoms with Crippen molar-refractivity contribution in [1.82, 2.24) is 4.90 Å². The maximum atomic E-state index is 12.0. The molecule has 1 heterocycles. The Morgan fingerprint density at radius 2 is 1.89 bits per heavy atom. The molecule has 0 bridgehead atoms. The first kappa shape index (κ1) is 16.0. The number of ether oxygens (including phenoxy) is 1. The van der Waals surface area contributed by atoms with Crippen LogP contribution in [-0.2, 0) is 14.3 Å². The molecular formula is C14H25NO4. The molecule has 1 atom stereocenters. The second kappa shape index (κ2) is 8.91. The maximum Gasteiger partial charge on any atom is 0.328 e. The predicted octanol–water partition coefficient (Wildman–Crippen LogP) is 2.05. The Morgan fingerprint density at radius 3 is 2.58 bits per heavy atom. The van der Waals surface area contributed by atoms with Crippen molar-refractivity contribution in [2.45, 2.75) is 57.9 Å². The number of rotatable bonds is 8. The van der Waals surface area contributed by atoms with E-state index in [1.807, 2.05) is 0 Å². The number of carbonyl (C=O) groups excluding carboxylic acids is 1. The molecule has 110 valence electrons. The van der Waals surface area contributed by atoms with Crippen molar-refractivity contribution >= 4 is 11.9 Å². The van der Waals surface area contributed by atoms with Crippen molar-refractivity contribution in [2.75, 3.05) is 19.8 Å². The molecule has 1 amide bonds. The predicted molar refractivity (Wildman–Crippen MR) is 71.9 cm³/mol. The molecule has 0 aromatic carbocycles. The Balaban J connectivity index is 2.25. The molecule has 1 N–H and O–H groups in total. The van der Waals surface area contributed by atoms with Gasteiger partial charge >= 0.3 is 5.97 Å². The molecule has 0 spiro atoms. The lowest BCUT2D eigenvalue weighted by molar-refractivity contribution is -0.158. The lowest BCUT2D eigenvalue weighted by Gasteiger charge is -2.32. The second-order valence-corrected chi connectivity index (χ2v) is 5.03. The number of hydrogen-bond acceptors (Lipinski definition) is 3. The van der Waals surface area contributed by atoms with Crippen LogP contribution in [-0.4, -0.2) is 47.7 Å². The summed E-state index contributed by atoms with van der Waals surface area (Å²) in [4.78, 5) is 24.5. The molecule has 5 heteroatoms. The van der Waals surface area contributed by atoms with E-state index in [2.05, 4.69) is 6.92 Å². The number of nitrogens with zero attached hydrogens (tertiary/aromatic N) is 1. The van der Waals surface area contributed by atoms with Gasteiger partial charge in [0, 0.05) is 13.0 Å². The van der Waals surface area contributed by atoms with Gasteiger partial charge in [-0.3, -0.25) is 4.79 Å². The molecule has 0 aliphatic carbocycles. The summed E-state index contributed by atoms with van der Waals surface area (Å²) in [6.45, 7) is 3.11. The van der Waals surface area contributed by atoms with Crippen molar-refractivity contribution in [3.63, 3.8) is 0 Å². The third-order valence-corrected chi connectivity index (χ3v) is 3.48. The number of carboxylic acids is 1. The molecule has 5 nitrogen and oxygen atoms in total. The molecule has 0 aromatic rings. The van der Waals surface area contributed by atoms with Crippen LogP contribution >= 0.6 is 0 Å². The average Bonchev–Trinajstić information content (AvgIpc) is 2.42. The summed E-state index contributed by atoms with van der Waals surface area (Å²) in [5, 5.41) is 9.05. The highest BCUT2D eigenvalue weighted by molar-refractivity contribution is 5.83. The van der Waals surface area contributed by atoms with Gasteiger partial charge in [-0.05, 0) is 6.42 Å². The minimum absolute atomic E-state index is 0.0498. The van der Waals surface area contributed by atoms with E-state index in [0.29, 0.717) is 19.6 Å². The van der Waals surface area contributed by atoms with Gasteiger partial charge in [0.2, 0.25) is 5.91 Å². The minimum Gasteiger partial charge on any atom is -0.480 e. The van der Waals surface area contributed by atoms with Crippen LogP contribution in [0.3, 0.4) is 0 Å². The number of unbranched alkanes of at least 4 members (excludes halogenated alkanes) is 5. The highest BCUT2D eigenvalue weighted by Gasteiger charge is 2.32. The molecule has 0 radical (unpaired) electrons. The van der Waals surface area contributed by atoms with Crippen LogP contribution < -0.4 is 0 Å². The van der Waals surface area contributed by atoms with Gasteiger partial charge in [0.05, 0.1) is 13.2 Å². The summed E-state index contributed by atoms with van der Waals surface area (Å²) >= 11 is 0. The Labute approximate surface area is 114 Å². The Bertz CT molecular complexity index is 293. The average molecular weight is 271 g/mol. The zero-order chi connectivity index (χ0) is 14.1. The molecule has 1 aliphatic rings. The first-order valence-corrected chi connectivity index (χ1v) is 7.26. The summed E-state index contributed by atoms with van der Waals surface area (Å²) in [6.07, 6.45) is 7.20. The van der Waals surface area contributed by atoms with E-state index in [9.17, 15) is 9.59 Å². The smallest absolute Gasteiger partial charge is 0.328 e. The minimum atomic E-state index is -0.976. The molecule has 1 rings (SSSR count).